The highest BCUT2D eigenvalue weighted by molar-refractivity contribution is 6.42. The van der Waals surface area contributed by atoms with Gasteiger partial charge in [0.25, 0.3) is 0 Å². The van der Waals surface area contributed by atoms with E-state index >= 15 is 0 Å². The summed E-state index contributed by atoms with van der Waals surface area (Å²) >= 11 is 11.7. The summed E-state index contributed by atoms with van der Waals surface area (Å²) in [5.41, 5.74) is 0.636. The number of amides is 2. The lowest BCUT2D eigenvalue weighted by atomic mass is 10.3. The summed E-state index contributed by atoms with van der Waals surface area (Å²) in [6, 6.07) is 4.86. The Morgan fingerprint density at radius 1 is 1.33 bits per heavy atom. The van der Waals surface area contributed by atoms with Crippen molar-refractivity contribution in [3.05, 3.63) is 28.2 Å². The predicted octanol–water partition coefficient (Wildman–Crippen LogP) is 3.07. The van der Waals surface area contributed by atoms with Crippen LogP contribution in [0.2, 0.25) is 10.0 Å². The third-order valence-electron chi connectivity index (χ3n) is 2.47. The molecule has 2 N–H and O–H groups in total. The Morgan fingerprint density at radius 2 is 2.06 bits per heavy atom. The Hall–Kier alpha value is -0.970. The molecule has 2 amide bonds. The fourth-order valence-corrected chi connectivity index (χ4v) is 1.72. The minimum absolute atomic E-state index is 0.147. The number of carbonyl (C=O) groups is 1. The van der Waals surface area contributed by atoms with Gasteiger partial charge in [-0.2, -0.15) is 0 Å². The van der Waals surface area contributed by atoms with Gasteiger partial charge in [-0.3, -0.25) is 0 Å². The molecule has 0 aliphatic rings. The van der Waals surface area contributed by atoms with Crippen LogP contribution in [0.5, 0.6) is 0 Å². The van der Waals surface area contributed by atoms with Crippen LogP contribution in [0.3, 0.4) is 0 Å². The van der Waals surface area contributed by atoms with Gasteiger partial charge in [0.05, 0.1) is 10.0 Å². The molecule has 100 valence electrons. The van der Waals surface area contributed by atoms with Crippen LogP contribution in [-0.4, -0.2) is 37.6 Å². The van der Waals surface area contributed by atoms with E-state index in [1.807, 2.05) is 14.0 Å². The summed E-state index contributed by atoms with van der Waals surface area (Å²) in [5, 5.41) is 6.69. The van der Waals surface area contributed by atoms with Crippen molar-refractivity contribution >= 4 is 34.9 Å². The summed E-state index contributed by atoms with van der Waals surface area (Å²) in [5.74, 6) is 0. The van der Waals surface area contributed by atoms with Crippen molar-refractivity contribution in [3.8, 4) is 0 Å². The highest BCUT2D eigenvalue weighted by Crippen LogP contribution is 2.25. The molecule has 0 bridgehead atoms. The van der Waals surface area contributed by atoms with E-state index in [9.17, 15) is 4.79 Å². The molecule has 0 aliphatic heterocycles. The van der Waals surface area contributed by atoms with Gasteiger partial charge in [-0.15, -0.1) is 0 Å². The number of likely N-dealkylation sites (N-methyl/N-ethyl adjacent to an activating group) is 2. The first kappa shape index (κ1) is 15.1. The molecule has 0 aromatic heterocycles. The molecule has 18 heavy (non-hydrogen) atoms. The third kappa shape index (κ3) is 4.37. The van der Waals surface area contributed by atoms with E-state index < -0.39 is 0 Å². The van der Waals surface area contributed by atoms with Crippen molar-refractivity contribution in [2.24, 2.45) is 0 Å². The average molecular weight is 290 g/mol. The number of nitrogens with one attached hydrogen (secondary N) is 2. The van der Waals surface area contributed by atoms with Crippen molar-refractivity contribution in [2.75, 3.05) is 32.0 Å². The maximum absolute atomic E-state index is 12.0. The van der Waals surface area contributed by atoms with Crippen molar-refractivity contribution in [2.45, 2.75) is 6.92 Å². The second kappa shape index (κ2) is 7.46. The number of hydrogen-bond acceptors (Lipinski definition) is 2. The second-order valence-electron chi connectivity index (χ2n) is 3.74. The highest BCUT2D eigenvalue weighted by Gasteiger charge is 2.11. The van der Waals surface area contributed by atoms with E-state index in [1.165, 1.54) is 0 Å². The van der Waals surface area contributed by atoms with Crippen molar-refractivity contribution < 1.29 is 4.79 Å². The van der Waals surface area contributed by atoms with E-state index in [1.54, 1.807) is 23.1 Å². The molecule has 0 fully saturated rings. The fraction of sp³-hybridized carbons (Fsp3) is 0.417. The number of urea groups is 1. The molecule has 1 aromatic carbocycles. The quantitative estimate of drug-likeness (QED) is 0.875. The van der Waals surface area contributed by atoms with Crippen LogP contribution >= 0.6 is 23.2 Å². The van der Waals surface area contributed by atoms with E-state index in [2.05, 4.69) is 10.6 Å². The number of anilines is 1. The van der Waals surface area contributed by atoms with Crippen LogP contribution in [-0.2, 0) is 0 Å². The largest absolute Gasteiger partial charge is 0.324 e. The number of benzene rings is 1. The molecule has 0 aliphatic carbocycles. The molecule has 6 heteroatoms. The molecule has 0 saturated carbocycles. The Labute approximate surface area is 117 Å². The normalized spacial score (nSPS) is 10.2. The molecule has 0 unspecified atom stereocenters. The van der Waals surface area contributed by atoms with Gasteiger partial charge in [-0.05, 0) is 32.2 Å². The van der Waals surface area contributed by atoms with Crippen molar-refractivity contribution in [3.63, 3.8) is 0 Å². The fourth-order valence-electron chi connectivity index (χ4n) is 1.43. The Balaban J connectivity index is 2.64. The van der Waals surface area contributed by atoms with E-state index in [0.717, 1.165) is 6.54 Å². The van der Waals surface area contributed by atoms with Gasteiger partial charge >= 0.3 is 6.03 Å². The van der Waals surface area contributed by atoms with Crippen LogP contribution in [0.1, 0.15) is 6.92 Å². The summed E-state index contributed by atoms with van der Waals surface area (Å²) in [7, 11) is 1.85. The molecule has 1 aromatic rings. The Bertz CT molecular complexity index is 412. The van der Waals surface area contributed by atoms with Gasteiger partial charge < -0.3 is 15.5 Å². The standard InChI is InChI=1S/C12H17Cl2N3O/c1-3-17(7-6-15-2)12(18)16-9-4-5-10(13)11(14)8-9/h4-5,8,15H,3,6-7H2,1-2H3,(H,16,18). The topological polar surface area (TPSA) is 44.4 Å². The van der Waals surface area contributed by atoms with Gasteiger partial charge in [0.2, 0.25) is 0 Å². The number of nitrogens with zero attached hydrogens (tertiary/aromatic N) is 1. The number of hydrogen-bond donors (Lipinski definition) is 2. The van der Waals surface area contributed by atoms with Gasteiger partial charge in [0.15, 0.2) is 0 Å². The lowest BCUT2D eigenvalue weighted by molar-refractivity contribution is 0.215. The zero-order chi connectivity index (χ0) is 13.5. The maximum atomic E-state index is 12.0. The first-order valence-corrected chi connectivity index (χ1v) is 6.49. The molecule has 0 spiro atoms. The van der Waals surface area contributed by atoms with Crippen molar-refractivity contribution in [1.82, 2.24) is 10.2 Å². The van der Waals surface area contributed by atoms with Crippen LogP contribution in [0.25, 0.3) is 0 Å². The second-order valence-corrected chi connectivity index (χ2v) is 4.56. The molecular weight excluding hydrogens is 273 g/mol. The van der Waals surface area contributed by atoms with Crippen LogP contribution in [0.15, 0.2) is 18.2 Å². The monoisotopic (exact) mass is 289 g/mol. The minimum atomic E-state index is -0.147. The maximum Gasteiger partial charge on any atom is 0.321 e. The molecular formula is C12H17Cl2N3O. The predicted molar refractivity (Wildman–Crippen MR) is 76.7 cm³/mol. The zero-order valence-electron chi connectivity index (χ0n) is 10.5. The lowest BCUT2D eigenvalue weighted by Gasteiger charge is -2.21. The van der Waals surface area contributed by atoms with Gasteiger partial charge in [0, 0.05) is 25.3 Å². The molecule has 0 heterocycles. The number of rotatable bonds is 5. The van der Waals surface area contributed by atoms with Crippen LogP contribution in [0.4, 0.5) is 10.5 Å². The van der Waals surface area contributed by atoms with Gasteiger partial charge in [0.1, 0.15) is 0 Å². The Kier molecular flexibility index (Phi) is 6.25. The summed E-state index contributed by atoms with van der Waals surface area (Å²) in [4.78, 5) is 13.7. The third-order valence-corrected chi connectivity index (χ3v) is 3.21. The van der Waals surface area contributed by atoms with E-state index in [-0.39, 0.29) is 6.03 Å². The molecule has 0 atom stereocenters. The average Bonchev–Trinajstić information content (AvgIpc) is 2.35. The Morgan fingerprint density at radius 3 is 2.61 bits per heavy atom. The van der Waals surface area contributed by atoms with Crippen LogP contribution in [0, 0.1) is 0 Å². The zero-order valence-corrected chi connectivity index (χ0v) is 12.0. The van der Waals surface area contributed by atoms with E-state index in [4.69, 9.17) is 23.2 Å². The SMILES string of the molecule is CCN(CCNC)C(=O)Nc1ccc(Cl)c(Cl)c1. The van der Waals surface area contributed by atoms with Gasteiger partial charge in [-0.25, -0.2) is 4.79 Å². The highest BCUT2D eigenvalue weighted by atomic mass is 35.5. The smallest absolute Gasteiger partial charge is 0.321 e. The molecule has 4 nitrogen and oxygen atoms in total. The molecule has 0 saturated heterocycles. The lowest BCUT2D eigenvalue weighted by Crippen LogP contribution is -2.38. The van der Waals surface area contributed by atoms with Crippen LogP contribution < -0.4 is 10.6 Å². The summed E-state index contributed by atoms with van der Waals surface area (Å²) < 4.78 is 0. The molecule has 0 radical (unpaired) electrons. The summed E-state index contributed by atoms with van der Waals surface area (Å²) in [6.07, 6.45) is 0. The first-order valence-electron chi connectivity index (χ1n) is 5.74. The summed E-state index contributed by atoms with van der Waals surface area (Å²) in [6.45, 7) is 3.99. The van der Waals surface area contributed by atoms with Crippen molar-refractivity contribution in [1.29, 1.82) is 0 Å². The molecule has 1 rings (SSSR count). The van der Waals surface area contributed by atoms with Gasteiger partial charge in [-0.1, -0.05) is 23.2 Å². The minimum Gasteiger partial charge on any atom is -0.324 e. The number of halogens is 2. The first-order chi connectivity index (χ1) is 8.58. The van der Waals surface area contributed by atoms with E-state index in [0.29, 0.717) is 28.8 Å². The number of carbonyl (C=O) groups excluding carboxylic acids is 1.